The van der Waals surface area contributed by atoms with Gasteiger partial charge in [-0.1, -0.05) is 58.4 Å². The number of phenolic OH excluding ortho intramolecular Hbond substituents is 1. The van der Waals surface area contributed by atoms with Crippen molar-refractivity contribution in [3.63, 3.8) is 0 Å². The van der Waals surface area contributed by atoms with Gasteiger partial charge in [-0.25, -0.2) is 10.0 Å². The number of hydrogen-bond donors (Lipinski definition) is 4. The van der Waals surface area contributed by atoms with Crippen LogP contribution in [0.5, 0.6) is 5.75 Å². The maximum absolute atomic E-state index is 13.5. The molecule has 14 heteroatoms. The number of thiazole rings is 1. The molecule has 0 aliphatic rings. The van der Waals surface area contributed by atoms with Crippen molar-refractivity contribution in [3.05, 3.63) is 75.7 Å². The lowest BCUT2D eigenvalue weighted by atomic mass is 9.96. The molecule has 2 amide bonds. The van der Waals surface area contributed by atoms with Crippen molar-refractivity contribution in [1.29, 1.82) is 0 Å². The molecule has 1 heterocycles. The number of anilines is 1. The topological polar surface area (TPSA) is 191 Å². The Morgan fingerprint density at radius 1 is 0.962 bits per heavy atom. The number of nitrogens with zero attached hydrogens (tertiary/aromatic N) is 2. The first-order chi connectivity index (χ1) is 25.3. The molecule has 3 rings (SSSR count). The number of carbonyl (C=O) groups is 4. The van der Waals surface area contributed by atoms with Crippen molar-refractivity contribution in [3.8, 4) is 5.75 Å². The van der Waals surface area contributed by atoms with Crippen LogP contribution < -0.4 is 11.1 Å². The van der Waals surface area contributed by atoms with Crippen LogP contribution in [-0.4, -0.2) is 69.3 Å². The number of hydroxylamine groups is 2. The van der Waals surface area contributed by atoms with Crippen molar-refractivity contribution in [2.24, 2.45) is 11.8 Å². The number of ether oxygens (including phenoxy) is 2. The molecule has 53 heavy (non-hydrogen) atoms. The van der Waals surface area contributed by atoms with Crippen LogP contribution in [0.15, 0.2) is 53.9 Å². The van der Waals surface area contributed by atoms with E-state index in [-0.39, 0.29) is 42.7 Å². The number of nitrogen functional groups attached to an aromatic ring is 1. The van der Waals surface area contributed by atoms with E-state index in [2.05, 4.69) is 10.3 Å². The smallest absolute Gasteiger partial charge is 0.306 e. The van der Waals surface area contributed by atoms with Gasteiger partial charge in [0.05, 0.1) is 25.2 Å². The van der Waals surface area contributed by atoms with Gasteiger partial charge in [-0.2, -0.15) is 0 Å². The molecule has 0 saturated carbocycles. The Balaban J connectivity index is 1.74. The Morgan fingerprint density at radius 3 is 2.26 bits per heavy atom. The van der Waals surface area contributed by atoms with Crippen molar-refractivity contribution in [2.75, 3.05) is 18.9 Å². The normalized spacial score (nSPS) is 13.5. The number of carboxylic acid groups (broad SMARTS) is 1. The standard InChI is InChI=1S/C39H54N4O9S/c1-6-7-9-36(46)43(51-19-8-18-50-23-29-10-14-30(40)15-11-29)34(25(2)3)22-35(52-27(5)44)38-42-33(24-53-38)37(47)41-31(20-26(4)39(48)49)21-28-12-16-32(45)17-13-28/h10-17,24-26,31,34-35,45H,6-9,18-23,40H2,1-5H3,(H,41,47)(H,48,49). The summed E-state index contributed by atoms with van der Waals surface area (Å²) in [4.78, 5) is 61.7. The molecule has 13 nitrogen and oxygen atoms in total. The van der Waals surface area contributed by atoms with Crippen LogP contribution in [0, 0.1) is 11.8 Å². The molecule has 290 valence electrons. The number of nitrogens with one attached hydrogen (secondary N) is 1. The van der Waals surface area contributed by atoms with Crippen molar-refractivity contribution in [1.82, 2.24) is 15.4 Å². The molecule has 0 aliphatic carbocycles. The Morgan fingerprint density at radius 2 is 1.64 bits per heavy atom. The Labute approximate surface area is 315 Å². The molecule has 1 aromatic heterocycles. The minimum absolute atomic E-state index is 0.0908. The lowest BCUT2D eigenvalue weighted by Gasteiger charge is -2.35. The first kappa shape index (κ1) is 42.9. The van der Waals surface area contributed by atoms with Gasteiger partial charge in [0.15, 0.2) is 6.10 Å². The Hall–Kier alpha value is -4.53. The number of carboxylic acids is 1. The van der Waals surface area contributed by atoms with Crippen molar-refractivity contribution >= 4 is 40.8 Å². The Bertz CT molecular complexity index is 1600. The van der Waals surface area contributed by atoms with Crippen molar-refractivity contribution < 1.29 is 43.7 Å². The molecule has 0 bridgehead atoms. The van der Waals surface area contributed by atoms with Crippen LogP contribution in [-0.2, 0) is 41.7 Å². The SMILES string of the molecule is CCCCC(=O)N(OCCCOCc1ccc(N)cc1)C(CC(OC(C)=O)c1nc(C(=O)NC(Cc2ccc(O)cc2)CC(C)C(=O)O)cs1)C(C)C. The van der Waals surface area contributed by atoms with E-state index in [4.69, 9.17) is 20.0 Å². The highest BCUT2D eigenvalue weighted by Gasteiger charge is 2.33. The first-order valence-electron chi connectivity index (χ1n) is 18.1. The minimum atomic E-state index is -0.983. The largest absolute Gasteiger partial charge is 0.508 e. The molecule has 2 aromatic carbocycles. The number of benzene rings is 2. The molecule has 3 aromatic rings. The van der Waals surface area contributed by atoms with Crippen LogP contribution in [0.25, 0.3) is 0 Å². The average molecular weight is 755 g/mol. The summed E-state index contributed by atoms with van der Waals surface area (Å²) in [7, 11) is 0. The maximum Gasteiger partial charge on any atom is 0.306 e. The van der Waals surface area contributed by atoms with E-state index < -0.39 is 42.0 Å². The quantitative estimate of drug-likeness (QED) is 0.0360. The monoisotopic (exact) mass is 754 g/mol. The molecule has 0 fully saturated rings. The molecule has 0 aliphatic heterocycles. The van der Waals surface area contributed by atoms with Gasteiger partial charge >= 0.3 is 11.9 Å². The van der Waals surface area contributed by atoms with Gasteiger partial charge in [0.25, 0.3) is 5.91 Å². The lowest BCUT2D eigenvalue weighted by Crippen LogP contribution is -2.44. The zero-order valence-electron chi connectivity index (χ0n) is 31.3. The first-order valence-corrected chi connectivity index (χ1v) is 19.0. The lowest BCUT2D eigenvalue weighted by molar-refractivity contribution is -0.211. The van der Waals surface area contributed by atoms with Crippen LogP contribution in [0.3, 0.4) is 0 Å². The third-order valence-corrected chi connectivity index (χ3v) is 9.52. The van der Waals surface area contributed by atoms with Crippen LogP contribution >= 0.6 is 11.3 Å². The zero-order chi connectivity index (χ0) is 38.9. The number of esters is 1. The fourth-order valence-corrected chi connectivity index (χ4v) is 6.45. The second-order valence-corrected chi connectivity index (χ2v) is 14.4. The van der Waals surface area contributed by atoms with Crippen LogP contribution in [0.1, 0.15) is 106 Å². The summed E-state index contributed by atoms with van der Waals surface area (Å²) in [5.41, 5.74) is 8.34. The number of aliphatic carboxylic acids is 1. The average Bonchev–Trinajstić information content (AvgIpc) is 3.61. The number of hydrogen-bond acceptors (Lipinski definition) is 11. The van der Waals surface area contributed by atoms with Gasteiger partial charge in [0, 0.05) is 43.5 Å². The summed E-state index contributed by atoms with van der Waals surface area (Å²) < 4.78 is 11.5. The number of aromatic nitrogens is 1. The summed E-state index contributed by atoms with van der Waals surface area (Å²) >= 11 is 1.15. The number of phenols is 1. The van der Waals surface area contributed by atoms with Crippen molar-refractivity contribution in [2.45, 2.75) is 104 Å². The van der Waals surface area contributed by atoms with Crippen LogP contribution in [0.4, 0.5) is 5.69 Å². The van der Waals surface area contributed by atoms with E-state index in [9.17, 15) is 29.4 Å². The highest BCUT2D eigenvalue weighted by Crippen LogP contribution is 2.31. The molecule has 0 spiro atoms. The minimum Gasteiger partial charge on any atom is -0.508 e. The molecule has 5 N–H and O–H groups in total. The number of nitrogens with two attached hydrogens (primary N) is 1. The summed E-state index contributed by atoms with van der Waals surface area (Å²) in [5, 5.41) is 25.5. The van der Waals surface area contributed by atoms with E-state index >= 15 is 0 Å². The summed E-state index contributed by atoms with van der Waals surface area (Å²) in [6, 6.07) is 12.9. The molecule has 0 saturated heterocycles. The molecule has 0 radical (unpaired) electrons. The van der Waals surface area contributed by atoms with E-state index in [1.807, 2.05) is 45.0 Å². The number of rotatable bonds is 23. The van der Waals surface area contributed by atoms with Crippen LogP contribution in [0.2, 0.25) is 0 Å². The van der Waals surface area contributed by atoms with Gasteiger partial charge in [-0.3, -0.25) is 24.0 Å². The molecule has 4 atom stereocenters. The summed E-state index contributed by atoms with van der Waals surface area (Å²) in [5.74, 6) is -2.93. The fraction of sp³-hybridized carbons (Fsp3) is 0.513. The Kier molecular flexibility index (Phi) is 17.7. The number of aromatic hydroxyl groups is 1. The predicted molar refractivity (Wildman–Crippen MR) is 202 cm³/mol. The van der Waals surface area contributed by atoms with Gasteiger partial charge in [0.2, 0.25) is 5.91 Å². The van der Waals surface area contributed by atoms with Gasteiger partial charge in [-0.15, -0.1) is 11.3 Å². The molecule has 4 unspecified atom stereocenters. The highest BCUT2D eigenvalue weighted by atomic mass is 32.1. The third-order valence-electron chi connectivity index (χ3n) is 8.58. The number of unbranched alkanes of at least 4 members (excludes halogenated alkanes) is 1. The van der Waals surface area contributed by atoms with E-state index in [1.54, 1.807) is 24.4 Å². The fourth-order valence-electron chi connectivity index (χ4n) is 5.61. The van der Waals surface area contributed by atoms with Gasteiger partial charge in [0.1, 0.15) is 16.5 Å². The van der Waals surface area contributed by atoms with Gasteiger partial charge in [-0.05, 0) is 67.0 Å². The second-order valence-electron chi connectivity index (χ2n) is 13.5. The summed E-state index contributed by atoms with van der Waals surface area (Å²) in [6.45, 7) is 9.86. The summed E-state index contributed by atoms with van der Waals surface area (Å²) in [6.07, 6.45) is 2.15. The maximum atomic E-state index is 13.5. The number of carbonyl (C=O) groups excluding carboxylic acids is 3. The molecular formula is C39H54N4O9S. The third kappa shape index (κ3) is 14.8. The predicted octanol–water partition coefficient (Wildman–Crippen LogP) is 6.46. The van der Waals surface area contributed by atoms with Gasteiger partial charge < -0.3 is 30.7 Å². The van der Waals surface area contributed by atoms with E-state index in [1.165, 1.54) is 24.1 Å². The second kappa shape index (κ2) is 21.9. The van der Waals surface area contributed by atoms with E-state index in [0.29, 0.717) is 49.6 Å². The number of amides is 2. The molecular weight excluding hydrogens is 701 g/mol. The highest BCUT2D eigenvalue weighted by molar-refractivity contribution is 7.09. The van der Waals surface area contributed by atoms with E-state index in [0.717, 1.165) is 28.9 Å². The zero-order valence-corrected chi connectivity index (χ0v) is 32.1.